The number of hydrogen-bond acceptors (Lipinski definition) is 5. The van der Waals surface area contributed by atoms with Crippen LogP contribution in [0.3, 0.4) is 0 Å². The lowest BCUT2D eigenvalue weighted by molar-refractivity contribution is 0.352. The average molecular weight is 305 g/mol. The molecule has 1 atom stereocenters. The Morgan fingerprint density at radius 3 is 2.81 bits per heavy atom. The van der Waals surface area contributed by atoms with Gasteiger partial charge in [0.05, 0.1) is 5.75 Å². The smallest absolute Gasteiger partial charge is 0.228 e. The third kappa shape index (κ3) is 4.86. The van der Waals surface area contributed by atoms with E-state index < -0.39 is 0 Å². The third-order valence-corrected chi connectivity index (χ3v) is 4.54. The second-order valence-corrected chi connectivity index (χ2v) is 6.04. The van der Waals surface area contributed by atoms with Crippen molar-refractivity contribution in [2.24, 2.45) is 0 Å². The molecular weight excluding hydrogens is 282 g/mol. The van der Waals surface area contributed by atoms with Gasteiger partial charge in [0.25, 0.3) is 0 Å². The van der Waals surface area contributed by atoms with Crippen LogP contribution in [0.4, 0.5) is 0 Å². The number of nitrogens with zero attached hydrogens (tertiary/aromatic N) is 2. The van der Waals surface area contributed by atoms with Crippen LogP contribution in [0.1, 0.15) is 37.5 Å². The van der Waals surface area contributed by atoms with E-state index in [2.05, 4.69) is 60.5 Å². The molecule has 1 N–H and O–H groups in total. The number of nitrogens with one attached hydrogen (secondary N) is 1. The fourth-order valence-corrected chi connectivity index (χ4v) is 3.03. The van der Waals surface area contributed by atoms with Crippen molar-refractivity contribution in [2.75, 3.05) is 6.54 Å². The van der Waals surface area contributed by atoms with Gasteiger partial charge in [-0.05, 0) is 31.5 Å². The third-order valence-electron chi connectivity index (χ3n) is 3.37. The van der Waals surface area contributed by atoms with Crippen LogP contribution in [-0.2, 0) is 12.2 Å². The molecule has 0 radical (unpaired) electrons. The summed E-state index contributed by atoms with van der Waals surface area (Å²) in [5, 5.41) is 7.50. The second-order valence-electron chi connectivity index (χ2n) is 5.03. The summed E-state index contributed by atoms with van der Waals surface area (Å²) in [7, 11) is 0. The van der Waals surface area contributed by atoms with E-state index in [1.54, 1.807) is 11.8 Å². The van der Waals surface area contributed by atoms with Crippen molar-refractivity contribution in [2.45, 2.75) is 50.3 Å². The maximum absolute atomic E-state index is 5.35. The molecule has 1 aromatic heterocycles. The molecule has 1 unspecified atom stereocenters. The van der Waals surface area contributed by atoms with Gasteiger partial charge in [-0.1, -0.05) is 37.2 Å². The van der Waals surface area contributed by atoms with Crippen molar-refractivity contribution in [3.63, 3.8) is 0 Å². The zero-order chi connectivity index (χ0) is 15.1. The topological polar surface area (TPSA) is 51.0 Å². The van der Waals surface area contributed by atoms with Crippen LogP contribution in [0.2, 0.25) is 0 Å². The Morgan fingerprint density at radius 2 is 2.10 bits per heavy atom. The molecule has 5 heteroatoms. The van der Waals surface area contributed by atoms with Gasteiger partial charge in [0.1, 0.15) is 0 Å². The fraction of sp³-hybridized carbons (Fsp3) is 0.500. The van der Waals surface area contributed by atoms with Crippen LogP contribution in [0, 0.1) is 6.92 Å². The number of benzene rings is 1. The van der Waals surface area contributed by atoms with Crippen LogP contribution in [0.15, 0.2) is 33.7 Å². The Hall–Kier alpha value is -1.33. The second kappa shape index (κ2) is 8.20. The molecule has 0 fully saturated rings. The Balaban J connectivity index is 1.90. The number of likely N-dealkylation sites (N-methyl/N-ethyl adjacent to an activating group) is 1. The fourth-order valence-electron chi connectivity index (χ4n) is 2.15. The summed E-state index contributed by atoms with van der Waals surface area (Å²) < 4.78 is 5.35. The lowest BCUT2D eigenvalue weighted by Crippen LogP contribution is -2.30. The molecule has 0 saturated carbocycles. The molecule has 0 saturated heterocycles. The first-order chi connectivity index (χ1) is 10.2. The number of aromatic nitrogens is 2. The number of rotatable bonds is 8. The highest BCUT2D eigenvalue weighted by Crippen LogP contribution is 2.24. The van der Waals surface area contributed by atoms with E-state index in [0.29, 0.717) is 6.04 Å². The van der Waals surface area contributed by atoms with Crippen molar-refractivity contribution in [1.82, 2.24) is 15.5 Å². The summed E-state index contributed by atoms with van der Waals surface area (Å²) in [5.41, 5.74) is 1.28. The molecule has 2 aromatic rings. The van der Waals surface area contributed by atoms with E-state index in [1.807, 2.05) is 0 Å². The van der Waals surface area contributed by atoms with E-state index in [4.69, 9.17) is 4.52 Å². The molecule has 1 heterocycles. The average Bonchev–Trinajstić information content (AvgIpc) is 2.93. The Labute approximate surface area is 130 Å². The molecule has 0 aliphatic rings. The highest BCUT2D eigenvalue weighted by atomic mass is 32.2. The molecule has 0 aliphatic heterocycles. The minimum atomic E-state index is 0.410. The van der Waals surface area contributed by atoms with Gasteiger partial charge in [-0.3, -0.25) is 0 Å². The molecule has 1 aromatic carbocycles. The van der Waals surface area contributed by atoms with Gasteiger partial charge in [-0.15, -0.1) is 11.8 Å². The number of hydrogen-bond donors (Lipinski definition) is 1. The first-order valence-corrected chi connectivity index (χ1v) is 8.44. The summed E-state index contributed by atoms with van der Waals surface area (Å²) in [4.78, 5) is 5.75. The molecule has 0 spiro atoms. The van der Waals surface area contributed by atoms with Crippen LogP contribution in [0.25, 0.3) is 0 Å². The molecular formula is C16H23N3OS. The van der Waals surface area contributed by atoms with Crippen molar-refractivity contribution < 1.29 is 4.52 Å². The predicted molar refractivity (Wildman–Crippen MR) is 86.5 cm³/mol. The highest BCUT2D eigenvalue weighted by molar-refractivity contribution is 7.98. The quantitative estimate of drug-likeness (QED) is 0.755. The van der Waals surface area contributed by atoms with Crippen LogP contribution >= 0.6 is 11.8 Å². The lowest BCUT2D eigenvalue weighted by Gasteiger charge is -2.12. The molecule has 114 valence electrons. The van der Waals surface area contributed by atoms with Gasteiger partial charge in [0.15, 0.2) is 5.82 Å². The Morgan fingerprint density at radius 1 is 1.29 bits per heavy atom. The first-order valence-electron chi connectivity index (χ1n) is 7.46. The molecule has 0 aliphatic carbocycles. The molecule has 0 bridgehead atoms. The maximum Gasteiger partial charge on any atom is 0.228 e. The molecule has 21 heavy (non-hydrogen) atoms. The van der Waals surface area contributed by atoms with Gasteiger partial charge in [-0.2, -0.15) is 4.98 Å². The Kier molecular flexibility index (Phi) is 6.26. The van der Waals surface area contributed by atoms with Gasteiger partial charge in [0, 0.05) is 17.4 Å². The zero-order valence-corrected chi connectivity index (χ0v) is 13.7. The number of thioether (sulfide) groups is 1. The lowest BCUT2D eigenvalue weighted by atomic mass is 10.1. The van der Waals surface area contributed by atoms with E-state index in [1.165, 1.54) is 10.5 Å². The van der Waals surface area contributed by atoms with Crippen LogP contribution in [0.5, 0.6) is 0 Å². The SMILES string of the molecule is CCNC(CC)Cc1nc(CSc2ccccc2C)no1. The van der Waals surface area contributed by atoms with E-state index >= 15 is 0 Å². The Bertz CT molecular complexity index is 556. The summed E-state index contributed by atoms with van der Waals surface area (Å²) in [6.07, 6.45) is 1.86. The van der Waals surface area contributed by atoms with Gasteiger partial charge in [0.2, 0.25) is 5.89 Å². The van der Waals surface area contributed by atoms with Gasteiger partial charge in [-0.25, -0.2) is 0 Å². The van der Waals surface area contributed by atoms with Crippen molar-refractivity contribution in [1.29, 1.82) is 0 Å². The summed E-state index contributed by atoms with van der Waals surface area (Å²) >= 11 is 1.75. The first kappa shape index (κ1) is 16.0. The van der Waals surface area contributed by atoms with Crippen molar-refractivity contribution in [3.05, 3.63) is 41.5 Å². The van der Waals surface area contributed by atoms with Crippen molar-refractivity contribution in [3.8, 4) is 0 Å². The summed E-state index contributed by atoms with van der Waals surface area (Å²) in [6, 6.07) is 8.76. The highest BCUT2D eigenvalue weighted by Gasteiger charge is 2.12. The van der Waals surface area contributed by atoms with E-state index in [9.17, 15) is 0 Å². The maximum atomic E-state index is 5.35. The predicted octanol–water partition coefficient (Wildman–Crippen LogP) is 3.60. The molecule has 0 amide bonds. The monoisotopic (exact) mass is 305 g/mol. The zero-order valence-electron chi connectivity index (χ0n) is 12.9. The van der Waals surface area contributed by atoms with Crippen molar-refractivity contribution >= 4 is 11.8 Å². The normalized spacial score (nSPS) is 12.5. The van der Waals surface area contributed by atoms with Crippen LogP contribution < -0.4 is 5.32 Å². The van der Waals surface area contributed by atoms with E-state index in [-0.39, 0.29) is 0 Å². The minimum absolute atomic E-state index is 0.410. The summed E-state index contributed by atoms with van der Waals surface area (Å²) in [5.74, 6) is 2.24. The van der Waals surface area contributed by atoms with E-state index in [0.717, 1.165) is 36.9 Å². The molecule has 2 rings (SSSR count). The van der Waals surface area contributed by atoms with Crippen LogP contribution in [-0.4, -0.2) is 22.7 Å². The largest absolute Gasteiger partial charge is 0.339 e. The number of aryl methyl sites for hydroxylation is 1. The minimum Gasteiger partial charge on any atom is -0.339 e. The molecule has 4 nitrogen and oxygen atoms in total. The standard InChI is InChI=1S/C16H23N3OS/c1-4-13(17-5-2)10-16-18-15(19-20-16)11-21-14-9-7-6-8-12(14)3/h6-9,13,17H,4-5,10-11H2,1-3H3. The van der Waals surface area contributed by atoms with Gasteiger partial charge < -0.3 is 9.84 Å². The summed E-state index contributed by atoms with van der Waals surface area (Å²) in [6.45, 7) is 7.36. The van der Waals surface area contributed by atoms with Gasteiger partial charge >= 0.3 is 0 Å².